The smallest absolute Gasteiger partial charge is 0.306 e. The maximum absolute atomic E-state index is 11.9. The summed E-state index contributed by atoms with van der Waals surface area (Å²) in [6.07, 6.45) is 2.77. The molecule has 1 N–H and O–H groups in total. The molecule has 0 saturated heterocycles. The maximum atomic E-state index is 11.9. The number of aryl methyl sites for hydroxylation is 1. The second-order valence-electron chi connectivity index (χ2n) is 6.23. The number of benzene rings is 2. The van der Waals surface area contributed by atoms with E-state index >= 15 is 0 Å². The average Bonchev–Trinajstić information content (AvgIpc) is 2.70. The lowest BCUT2D eigenvalue weighted by Crippen LogP contribution is -2.15. The number of hydrogen-bond acceptors (Lipinski definition) is 4. The molecule has 0 bridgehead atoms. The summed E-state index contributed by atoms with van der Waals surface area (Å²) in [5, 5.41) is 2.77. The van der Waals surface area contributed by atoms with Crippen LogP contribution in [0.25, 0.3) is 0 Å². The molecular formula is C22H27NO4. The van der Waals surface area contributed by atoms with E-state index in [0.717, 1.165) is 25.0 Å². The maximum Gasteiger partial charge on any atom is 0.306 e. The molecule has 0 fully saturated rings. The number of nitrogens with one attached hydrogen (secondary N) is 1. The highest BCUT2D eigenvalue weighted by Crippen LogP contribution is 2.16. The van der Waals surface area contributed by atoms with Crippen molar-refractivity contribution in [2.24, 2.45) is 0 Å². The molecule has 0 unspecified atom stereocenters. The van der Waals surface area contributed by atoms with E-state index in [9.17, 15) is 9.59 Å². The predicted octanol–water partition coefficient (Wildman–Crippen LogP) is 4.37. The Balaban J connectivity index is 1.59. The van der Waals surface area contributed by atoms with Crippen LogP contribution in [0.15, 0.2) is 54.6 Å². The topological polar surface area (TPSA) is 64.6 Å². The van der Waals surface area contributed by atoms with Crippen LogP contribution in [0, 0.1) is 0 Å². The van der Waals surface area contributed by atoms with Crippen molar-refractivity contribution >= 4 is 17.6 Å². The fourth-order valence-corrected chi connectivity index (χ4v) is 2.47. The molecule has 0 aromatic heterocycles. The van der Waals surface area contributed by atoms with Gasteiger partial charge in [0.25, 0.3) is 0 Å². The molecule has 0 saturated carbocycles. The highest BCUT2D eigenvalue weighted by molar-refractivity contribution is 5.92. The molecule has 0 aliphatic heterocycles. The minimum atomic E-state index is -0.346. The Morgan fingerprint density at radius 1 is 0.926 bits per heavy atom. The Bertz CT molecular complexity index is 698. The minimum absolute atomic E-state index is 0.0782. The van der Waals surface area contributed by atoms with Crippen LogP contribution in [0.4, 0.5) is 5.69 Å². The summed E-state index contributed by atoms with van der Waals surface area (Å²) in [5.41, 5.74) is 1.90. The normalized spacial score (nSPS) is 10.3. The number of amides is 1. The first kappa shape index (κ1) is 20.5. The number of carbonyl (C=O) groups is 2. The van der Waals surface area contributed by atoms with Gasteiger partial charge in [-0.25, -0.2) is 0 Å². The summed E-state index contributed by atoms with van der Waals surface area (Å²) in [5.74, 6) is 0.217. The number of anilines is 1. The van der Waals surface area contributed by atoms with Gasteiger partial charge in [-0.1, -0.05) is 37.3 Å². The van der Waals surface area contributed by atoms with Crippen LogP contribution in [0.3, 0.4) is 0 Å². The fraction of sp³-hybridized carbons (Fsp3) is 0.364. The van der Waals surface area contributed by atoms with Crippen molar-refractivity contribution in [2.75, 3.05) is 18.5 Å². The Kier molecular flexibility index (Phi) is 8.90. The van der Waals surface area contributed by atoms with Crippen LogP contribution < -0.4 is 10.1 Å². The molecule has 0 atom stereocenters. The lowest BCUT2D eigenvalue weighted by Gasteiger charge is -2.08. The average molecular weight is 369 g/mol. The highest BCUT2D eigenvalue weighted by atomic mass is 16.5. The van der Waals surface area contributed by atoms with E-state index in [0.29, 0.717) is 18.9 Å². The van der Waals surface area contributed by atoms with Gasteiger partial charge in [0, 0.05) is 12.1 Å². The zero-order valence-electron chi connectivity index (χ0n) is 15.8. The summed E-state index contributed by atoms with van der Waals surface area (Å²) >= 11 is 0. The second-order valence-corrected chi connectivity index (χ2v) is 6.23. The van der Waals surface area contributed by atoms with Crippen molar-refractivity contribution < 1.29 is 19.1 Å². The van der Waals surface area contributed by atoms with Crippen LogP contribution >= 0.6 is 0 Å². The van der Waals surface area contributed by atoms with Gasteiger partial charge in [-0.15, -0.1) is 0 Å². The van der Waals surface area contributed by atoms with Gasteiger partial charge in [-0.3, -0.25) is 9.59 Å². The van der Waals surface area contributed by atoms with Gasteiger partial charge in [-0.2, -0.15) is 0 Å². The van der Waals surface area contributed by atoms with E-state index in [1.54, 1.807) is 12.1 Å². The molecule has 2 aromatic rings. The summed E-state index contributed by atoms with van der Waals surface area (Å²) in [6, 6.07) is 17.2. The molecular weight excluding hydrogens is 342 g/mol. The number of rotatable bonds is 11. The van der Waals surface area contributed by atoms with Crippen molar-refractivity contribution in [3.8, 4) is 5.75 Å². The molecule has 0 radical (unpaired) electrons. The van der Waals surface area contributed by atoms with E-state index in [2.05, 4.69) is 17.4 Å². The third-order valence-electron chi connectivity index (χ3n) is 3.88. The lowest BCUT2D eigenvalue weighted by molar-refractivity contribution is -0.144. The van der Waals surface area contributed by atoms with Gasteiger partial charge in [0.05, 0.1) is 19.6 Å². The molecule has 2 aromatic carbocycles. The van der Waals surface area contributed by atoms with Gasteiger partial charge >= 0.3 is 5.97 Å². The molecule has 5 nitrogen and oxygen atoms in total. The Morgan fingerprint density at radius 2 is 1.67 bits per heavy atom. The quantitative estimate of drug-likeness (QED) is 0.472. The van der Waals surface area contributed by atoms with Crippen LogP contribution in [-0.2, 0) is 20.7 Å². The number of esters is 1. The van der Waals surface area contributed by atoms with E-state index in [-0.39, 0.29) is 24.7 Å². The van der Waals surface area contributed by atoms with Crippen LogP contribution in [-0.4, -0.2) is 25.1 Å². The minimum Gasteiger partial charge on any atom is -0.494 e. The summed E-state index contributed by atoms with van der Waals surface area (Å²) in [7, 11) is 0. The van der Waals surface area contributed by atoms with Gasteiger partial charge in [-0.05, 0) is 49.1 Å². The molecule has 144 valence electrons. The zero-order valence-corrected chi connectivity index (χ0v) is 15.8. The number of carbonyl (C=O) groups excluding carboxylic acids is 2. The molecule has 5 heteroatoms. The second kappa shape index (κ2) is 11.7. The summed E-state index contributed by atoms with van der Waals surface area (Å²) in [6.45, 7) is 3.08. The molecule has 2 rings (SSSR count). The summed E-state index contributed by atoms with van der Waals surface area (Å²) < 4.78 is 10.7. The highest BCUT2D eigenvalue weighted by Gasteiger charge is 2.08. The van der Waals surface area contributed by atoms with E-state index in [4.69, 9.17) is 9.47 Å². The third-order valence-corrected chi connectivity index (χ3v) is 3.88. The van der Waals surface area contributed by atoms with E-state index in [1.807, 2.05) is 37.3 Å². The first-order valence-electron chi connectivity index (χ1n) is 9.39. The molecule has 0 heterocycles. The molecule has 1 amide bonds. The SMILES string of the molecule is CCCOc1ccc(NC(=O)CCC(=O)OCCCc2ccccc2)cc1. The number of ether oxygens (including phenoxy) is 2. The van der Waals surface area contributed by atoms with Crippen LogP contribution in [0.1, 0.15) is 38.2 Å². The van der Waals surface area contributed by atoms with Crippen molar-refractivity contribution in [1.29, 1.82) is 0 Å². The van der Waals surface area contributed by atoms with E-state index < -0.39 is 0 Å². The molecule has 0 aliphatic rings. The van der Waals surface area contributed by atoms with Crippen molar-refractivity contribution in [3.63, 3.8) is 0 Å². The fourth-order valence-electron chi connectivity index (χ4n) is 2.47. The third kappa shape index (κ3) is 8.40. The van der Waals surface area contributed by atoms with E-state index in [1.165, 1.54) is 5.56 Å². The monoisotopic (exact) mass is 369 g/mol. The van der Waals surface area contributed by atoms with Crippen molar-refractivity contribution in [2.45, 2.75) is 39.0 Å². The largest absolute Gasteiger partial charge is 0.494 e. The number of hydrogen-bond donors (Lipinski definition) is 1. The molecule has 27 heavy (non-hydrogen) atoms. The van der Waals surface area contributed by atoms with Crippen LogP contribution in [0.5, 0.6) is 5.75 Å². The van der Waals surface area contributed by atoms with Gasteiger partial charge in [0.2, 0.25) is 5.91 Å². The van der Waals surface area contributed by atoms with Crippen molar-refractivity contribution in [1.82, 2.24) is 0 Å². The standard InChI is InChI=1S/C22H27NO4/c1-2-16-26-20-12-10-19(11-13-20)23-21(24)14-15-22(25)27-17-6-9-18-7-4-3-5-8-18/h3-5,7-8,10-13H,2,6,9,14-17H2,1H3,(H,23,24). The zero-order chi connectivity index (χ0) is 19.3. The van der Waals surface area contributed by atoms with Gasteiger partial charge < -0.3 is 14.8 Å². The first-order valence-corrected chi connectivity index (χ1v) is 9.39. The molecule has 0 spiro atoms. The summed E-state index contributed by atoms with van der Waals surface area (Å²) in [4.78, 5) is 23.7. The van der Waals surface area contributed by atoms with Gasteiger partial charge in [0.15, 0.2) is 0 Å². The first-order chi connectivity index (χ1) is 13.2. The lowest BCUT2D eigenvalue weighted by atomic mass is 10.1. The van der Waals surface area contributed by atoms with Gasteiger partial charge in [0.1, 0.15) is 5.75 Å². The Morgan fingerprint density at radius 3 is 2.37 bits per heavy atom. The molecule has 0 aliphatic carbocycles. The van der Waals surface area contributed by atoms with Crippen molar-refractivity contribution in [3.05, 3.63) is 60.2 Å². The Hall–Kier alpha value is -2.82. The Labute approximate surface area is 160 Å². The predicted molar refractivity (Wildman–Crippen MR) is 106 cm³/mol. The van der Waals surface area contributed by atoms with Crippen LogP contribution in [0.2, 0.25) is 0 Å².